The molecule has 0 aliphatic rings. The van der Waals surface area contributed by atoms with Crippen LogP contribution < -0.4 is 0 Å². The zero-order valence-electron chi connectivity index (χ0n) is 10.7. The van der Waals surface area contributed by atoms with Gasteiger partial charge in [-0.15, -0.1) is 0 Å². The molecular formula is C10H20F5NSi. The predicted molar refractivity (Wildman–Crippen MR) is 60.8 cm³/mol. The molecule has 0 heterocycles. The van der Waals surface area contributed by atoms with Crippen LogP contribution >= 0.6 is 0 Å². The third-order valence-corrected chi connectivity index (χ3v) is 6.90. The molecule has 17 heavy (non-hydrogen) atoms. The van der Waals surface area contributed by atoms with E-state index in [0.29, 0.717) is 13.1 Å². The summed E-state index contributed by atoms with van der Waals surface area (Å²) in [6.45, 7) is 8.81. The molecule has 0 fully saturated rings. The smallest absolute Gasteiger partial charge is 0.324 e. The van der Waals surface area contributed by atoms with Crippen molar-refractivity contribution >= 4 is 8.24 Å². The topological polar surface area (TPSA) is 3.24 Å². The molecule has 104 valence electrons. The summed E-state index contributed by atoms with van der Waals surface area (Å²) in [5.74, 6) is -4.57. The molecule has 0 atom stereocenters. The van der Waals surface area contributed by atoms with Crippen LogP contribution in [-0.4, -0.2) is 38.0 Å². The lowest BCUT2D eigenvalue weighted by atomic mass is 10.2. The van der Waals surface area contributed by atoms with Crippen LogP contribution in [0.4, 0.5) is 22.0 Å². The van der Waals surface area contributed by atoms with Crippen LogP contribution in [0.2, 0.25) is 19.1 Å². The SMILES string of the molecule is CCN(CC)[Si](C)(C)CCC(F)(F)C(F)(F)F. The highest BCUT2D eigenvalue weighted by Crippen LogP contribution is 2.40. The zero-order chi connectivity index (χ0) is 13.9. The Morgan fingerprint density at radius 1 is 0.941 bits per heavy atom. The molecule has 0 aliphatic heterocycles. The molecule has 0 saturated carbocycles. The molecule has 0 amide bonds. The van der Waals surface area contributed by atoms with Crippen LogP contribution in [0.15, 0.2) is 0 Å². The molecule has 0 rings (SSSR count). The summed E-state index contributed by atoms with van der Waals surface area (Å²) in [4.78, 5) is 0. The molecule has 0 unspecified atom stereocenters. The Kier molecular flexibility index (Phi) is 5.59. The average Bonchev–Trinajstić information content (AvgIpc) is 2.15. The Labute approximate surface area is 100 Å². The molecule has 0 aromatic carbocycles. The van der Waals surface area contributed by atoms with Gasteiger partial charge >= 0.3 is 12.1 Å². The quantitative estimate of drug-likeness (QED) is 0.521. The molecule has 0 saturated heterocycles. The Balaban J connectivity index is 4.56. The number of nitrogens with zero attached hydrogens (tertiary/aromatic N) is 1. The summed E-state index contributed by atoms with van der Waals surface area (Å²) in [5.41, 5.74) is 0. The molecule has 7 heteroatoms. The van der Waals surface area contributed by atoms with Crippen LogP contribution in [0.1, 0.15) is 20.3 Å². The maximum Gasteiger partial charge on any atom is 0.453 e. The molecular weight excluding hydrogens is 257 g/mol. The van der Waals surface area contributed by atoms with E-state index in [1.54, 1.807) is 0 Å². The summed E-state index contributed by atoms with van der Waals surface area (Å²) < 4.78 is 63.7. The summed E-state index contributed by atoms with van der Waals surface area (Å²) in [6, 6.07) is -0.0544. The molecule has 0 aromatic rings. The van der Waals surface area contributed by atoms with Gasteiger partial charge in [0.05, 0.1) is 0 Å². The van der Waals surface area contributed by atoms with Gasteiger partial charge in [0.1, 0.15) is 8.24 Å². The number of hydrogen-bond acceptors (Lipinski definition) is 1. The summed E-state index contributed by atoms with van der Waals surface area (Å²) >= 11 is 0. The summed E-state index contributed by atoms with van der Waals surface area (Å²) in [6.07, 6.45) is -6.53. The maximum atomic E-state index is 12.8. The fourth-order valence-corrected chi connectivity index (χ4v) is 4.80. The van der Waals surface area contributed by atoms with Crippen molar-refractivity contribution in [3.8, 4) is 0 Å². The molecule has 0 aliphatic carbocycles. The first kappa shape index (κ1) is 16.8. The van der Waals surface area contributed by atoms with Crippen molar-refractivity contribution in [3.05, 3.63) is 0 Å². The van der Waals surface area contributed by atoms with Gasteiger partial charge in [0.25, 0.3) is 0 Å². The van der Waals surface area contributed by atoms with Crippen LogP contribution in [0, 0.1) is 0 Å². The highest BCUT2D eigenvalue weighted by atomic mass is 28.3. The lowest BCUT2D eigenvalue weighted by molar-refractivity contribution is -0.282. The summed E-state index contributed by atoms with van der Waals surface area (Å²) in [7, 11) is -2.17. The largest absolute Gasteiger partial charge is 0.453 e. The standard InChI is InChI=1S/C10H20F5NSi/c1-5-16(6-2)17(3,4)8-7-9(11,12)10(13,14)15/h5-8H2,1-4H3. The van der Waals surface area contributed by atoms with Gasteiger partial charge in [0.15, 0.2) is 0 Å². The highest BCUT2D eigenvalue weighted by molar-refractivity contribution is 6.74. The van der Waals surface area contributed by atoms with Crippen molar-refractivity contribution in [2.75, 3.05) is 13.1 Å². The van der Waals surface area contributed by atoms with E-state index >= 15 is 0 Å². The van der Waals surface area contributed by atoms with Crippen LogP contribution in [0.3, 0.4) is 0 Å². The molecule has 0 bridgehead atoms. The second-order valence-corrected chi connectivity index (χ2v) is 9.44. The normalized spacial score (nSPS) is 14.5. The van der Waals surface area contributed by atoms with Crippen LogP contribution in [0.5, 0.6) is 0 Å². The molecule has 0 aromatic heterocycles. The van der Waals surface area contributed by atoms with Crippen LogP contribution in [-0.2, 0) is 0 Å². The van der Waals surface area contributed by atoms with Crippen molar-refractivity contribution < 1.29 is 22.0 Å². The van der Waals surface area contributed by atoms with Crippen molar-refractivity contribution in [3.63, 3.8) is 0 Å². The van der Waals surface area contributed by atoms with E-state index in [1.165, 1.54) is 0 Å². The second-order valence-electron chi connectivity index (χ2n) is 4.69. The van der Waals surface area contributed by atoms with Gasteiger partial charge in [-0.05, 0) is 19.1 Å². The molecule has 0 radical (unpaired) electrons. The van der Waals surface area contributed by atoms with Crippen molar-refractivity contribution in [2.24, 2.45) is 0 Å². The van der Waals surface area contributed by atoms with Gasteiger partial charge in [-0.25, -0.2) is 0 Å². The van der Waals surface area contributed by atoms with Gasteiger partial charge in [-0.3, -0.25) is 0 Å². The van der Waals surface area contributed by atoms with Crippen molar-refractivity contribution in [1.29, 1.82) is 0 Å². The number of rotatable bonds is 6. The van der Waals surface area contributed by atoms with Crippen molar-refractivity contribution in [1.82, 2.24) is 4.57 Å². The van der Waals surface area contributed by atoms with Gasteiger partial charge in [-0.2, -0.15) is 22.0 Å². The number of halogens is 5. The Morgan fingerprint density at radius 2 is 1.35 bits per heavy atom. The fraction of sp³-hybridized carbons (Fsp3) is 1.00. The van der Waals surface area contributed by atoms with E-state index in [0.717, 1.165) is 0 Å². The predicted octanol–water partition coefficient (Wildman–Crippen LogP) is 4.12. The van der Waals surface area contributed by atoms with E-state index in [4.69, 9.17) is 0 Å². The van der Waals surface area contributed by atoms with Gasteiger partial charge in [0.2, 0.25) is 0 Å². The first-order valence-electron chi connectivity index (χ1n) is 5.67. The third kappa shape index (κ3) is 4.54. The minimum Gasteiger partial charge on any atom is -0.324 e. The first-order valence-corrected chi connectivity index (χ1v) is 8.83. The Hall–Kier alpha value is -0.173. The first-order chi connectivity index (χ1) is 7.48. The maximum absolute atomic E-state index is 12.8. The van der Waals surface area contributed by atoms with Crippen LogP contribution in [0.25, 0.3) is 0 Å². The minimum atomic E-state index is -5.43. The van der Waals surface area contributed by atoms with E-state index in [2.05, 4.69) is 0 Å². The van der Waals surface area contributed by atoms with Gasteiger partial charge in [-0.1, -0.05) is 26.9 Å². The Morgan fingerprint density at radius 3 is 1.65 bits per heavy atom. The number of hydrogen-bond donors (Lipinski definition) is 0. The Bertz CT molecular complexity index is 235. The van der Waals surface area contributed by atoms with E-state index in [9.17, 15) is 22.0 Å². The van der Waals surface area contributed by atoms with Gasteiger partial charge < -0.3 is 4.57 Å². The molecule has 1 nitrogen and oxygen atoms in total. The zero-order valence-corrected chi connectivity index (χ0v) is 11.7. The number of alkyl halides is 5. The summed E-state index contributed by atoms with van der Waals surface area (Å²) in [5, 5.41) is 0. The lowest BCUT2D eigenvalue weighted by Crippen LogP contribution is -2.50. The van der Waals surface area contributed by atoms with Crippen molar-refractivity contribution in [2.45, 2.75) is 51.5 Å². The van der Waals surface area contributed by atoms with E-state index in [1.807, 2.05) is 31.5 Å². The molecule has 0 N–H and O–H groups in total. The lowest BCUT2D eigenvalue weighted by Gasteiger charge is -2.36. The monoisotopic (exact) mass is 277 g/mol. The van der Waals surface area contributed by atoms with Gasteiger partial charge in [0, 0.05) is 6.42 Å². The highest BCUT2D eigenvalue weighted by Gasteiger charge is 2.57. The third-order valence-electron chi connectivity index (χ3n) is 3.09. The minimum absolute atomic E-state index is 0.0544. The van der Waals surface area contributed by atoms with E-state index in [-0.39, 0.29) is 6.04 Å². The fourth-order valence-electron chi connectivity index (χ4n) is 1.84. The average molecular weight is 277 g/mol. The molecule has 0 spiro atoms. The second kappa shape index (κ2) is 5.64. The van der Waals surface area contributed by atoms with E-state index < -0.39 is 26.8 Å².